The lowest BCUT2D eigenvalue weighted by Gasteiger charge is -2.09. The number of pyridine rings is 1. The van der Waals surface area contributed by atoms with Crippen molar-refractivity contribution in [3.05, 3.63) is 29.6 Å². The van der Waals surface area contributed by atoms with E-state index in [1.54, 1.807) is 6.07 Å². The third-order valence-corrected chi connectivity index (χ3v) is 2.58. The number of hydrogen-bond donors (Lipinski definition) is 1. The van der Waals surface area contributed by atoms with E-state index in [1.165, 1.54) is 7.11 Å². The maximum absolute atomic E-state index is 11.3. The molecule has 1 N–H and O–H groups in total. The molecule has 4 nitrogen and oxygen atoms in total. The normalized spacial score (nSPS) is 20.2. The molecule has 0 saturated carbocycles. The van der Waals surface area contributed by atoms with Crippen LogP contribution in [-0.2, 0) is 4.74 Å². The summed E-state index contributed by atoms with van der Waals surface area (Å²) in [5, 5.41) is 3.34. The lowest BCUT2D eigenvalue weighted by molar-refractivity contribution is 0.0593. The molecule has 1 aliphatic heterocycles. The predicted molar refractivity (Wildman–Crippen MR) is 55.6 cm³/mol. The number of carbonyl (C=O) groups is 1. The van der Waals surface area contributed by atoms with E-state index in [-0.39, 0.29) is 12.0 Å². The minimum atomic E-state index is -0.380. The lowest BCUT2D eigenvalue weighted by atomic mass is 10.1. The fourth-order valence-electron chi connectivity index (χ4n) is 1.80. The summed E-state index contributed by atoms with van der Waals surface area (Å²) in [6, 6.07) is 5.74. The fraction of sp³-hybridized carbons (Fsp3) is 0.455. The summed E-state index contributed by atoms with van der Waals surface area (Å²) in [6.07, 6.45) is 2.24. The summed E-state index contributed by atoms with van der Waals surface area (Å²) >= 11 is 0. The molecule has 1 aromatic heterocycles. The van der Waals surface area contributed by atoms with Gasteiger partial charge in [-0.3, -0.25) is 0 Å². The van der Waals surface area contributed by atoms with Gasteiger partial charge < -0.3 is 10.1 Å². The molecule has 80 valence electrons. The molecule has 0 unspecified atom stereocenters. The first-order valence-electron chi connectivity index (χ1n) is 5.10. The van der Waals surface area contributed by atoms with Crippen LogP contribution in [0.4, 0.5) is 0 Å². The van der Waals surface area contributed by atoms with Gasteiger partial charge >= 0.3 is 5.97 Å². The van der Waals surface area contributed by atoms with Gasteiger partial charge in [0.2, 0.25) is 0 Å². The summed E-state index contributed by atoms with van der Waals surface area (Å²) < 4.78 is 4.63. The minimum Gasteiger partial charge on any atom is -0.464 e. The van der Waals surface area contributed by atoms with E-state index in [0.29, 0.717) is 5.69 Å². The SMILES string of the molecule is COC(=O)c1cccc([C@H]2CCCN2)n1. The van der Waals surface area contributed by atoms with Gasteiger partial charge in [-0.05, 0) is 31.5 Å². The zero-order valence-corrected chi connectivity index (χ0v) is 8.69. The van der Waals surface area contributed by atoms with Crippen LogP contribution in [-0.4, -0.2) is 24.6 Å². The second-order valence-electron chi connectivity index (χ2n) is 3.59. The molecule has 1 aromatic rings. The molecule has 2 rings (SSSR count). The second-order valence-corrected chi connectivity index (χ2v) is 3.59. The van der Waals surface area contributed by atoms with E-state index in [4.69, 9.17) is 0 Å². The molecule has 0 spiro atoms. The number of esters is 1. The Kier molecular flexibility index (Phi) is 2.97. The van der Waals surface area contributed by atoms with E-state index >= 15 is 0 Å². The molecule has 4 heteroatoms. The van der Waals surface area contributed by atoms with Crippen molar-refractivity contribution in [1.29, 1.82) is 0 Å². The zero-order valence-electron chi connectivity index (χ0n) is 8.69. The third kappa shape index (κ3) is 2.15. The molecule has 1 aliphatic rings. The largest absolute Gasteiger partial charge is 0.464 e. The maximum atomic E-state index is 11.3. The Hall–Kier alpha value is -1.42. The first kappa shape index (κ1) is 10.1. The van der Waals surface area contributed by atoms with Crippen LogP contribution in [0.1, 0.15) is 35.1 Å². The van der Waals surface area contributed by atoms with Gasteiger partial charge in [-0.25, -0.2) is 9.78 Å². The highest BCUT2D eigenvalue weighted by Crippen LogP contribution is 2.21. The van der Waals surface area contributed by atoms with Gasteiger partial charge in [-0.15, -0.1) is 0 Å². The smallest absolute Gasteiger partial charge is 0.356 e. The van der Waals surface area contributed by atoms with Crippen LogP contribution in [0.3, 0.4) is 0 Å². The standard InChI is InChI=1S/C11H14N2O2/c1-15-11(14)10-5-2-4-9(13-10)8-6-3-7-12-8/h2,4-5,8,12H,3,6-7H2,1H3/t8-/m1/s1. The van der Waals surface area contributed by atoms with Crippen LogP contribution < -0.4 is 5.32 Å². The van der Waals surface area contributed by atoms with E-state index in [1.807, 2.05) is 12.1 Å². The molecule has 0 aliphatic carbocycles. The van der Waals surface area contributed by atoms with Crippen molar-refractivity contribution in [2.75, 3.05) is 13.7 Å². The van der Waals surface area contributed by atoms with Crippen molar-refractivity contribution in [2.45, 2.75) is 18.9 Å². The molecule has 1 fully saturated rings. The Morgan fingerprint density at radius 1 is 1.60 bits per heavy atom. The van der Waals surface area contributed by atoms with Crippen LogP contribution >= 0.6 is 0 Å². The Labute approximate surface area is 88.7 Å². The molecule has 0 radical (unpaired) electrons. The highest BCUT2D eigenvalue weighted by Gasteiger charge is 2.18. The Bertz CT molecular complexity index is 359. The predicted octanol–water partition coefficient (Wildman–Crippen LogP) is 1.29. The summed E-state index contributed by atoms with van der Waals surface area (Å²) in [6.45, 7) is 1.02. The third-order valence-electron chi connectivity index (χ3n) is 2.58. The van der Waals surface area contributed by atoms with Gasteiger partial charge in [-0.1, -0.05) is 6.07 Å². The molecule has 15 heavy (non-hydrogen) atoms. The van der Waals surface area contributed by atoms with Crippen molar-refractivity contribution in [2.24, 2.45) is 0 Å². The van der Waals surface area contributed by atoms with Gasteiger partial charge in [0, 0.05) is 6.04 Å². The Balaban J connectivity index is 2.21. The van der Waals surface area contributed by atoms with E-state index < -0.39 is 0 Å². The van der Waals surface area contributed by atoms with Gasteiger partial charge in [-0.2, -0.15) is 0 Å². The molecular formula is C11H14N2O2. The van der Waals surface area contributed by atoms with E-state index in [2.05, 4.69) is 15.0 Å². The molecular weight excluding hydrogens is 192 g/mol. The highest BCUT2D eigenvalue weighted by atomic mass is 16.5. The number of ether oxygens (including phenoxy) is 1. The van der Waals surface area contributed by atoms with Gasteiger partial charge in [0.25, 0.3) is 0 Å². The number of aromatic nitrogens is 1. The number of nitrogens with zero attached hydrogens (tertiary/aromatic N) is 1. The number of methoxy groups -OCH3 is 1. The fourth-order valence-corrected chi connectivity index (χ4v) is 1.80. The molecule has 2 heterocycles. The summed E-state index contributed by atoms with van der Waals surface area (Å²) in [7, 11) is 1.37. The van der Waals surface area contributed by atoms with Gasteiger partial charge in [0.1, 0.15) is 5.69 Å². The summed E-state index contributed by atoms with van der Waals surface area (Å²) in [5.41, 5.74) is 1.30. The number of rotatable bonds is 2. The quantitative estimate of drug-likeness (QED) is 0.741. The molecule has 0 amide bonds. The lowest BCUT2D eigenvalue weighted by Crippen LogP contribution is -2.16. The minimum absolute atomic E-state index is 0.287. The van der Waals surface area contributed by atoms with Crippen molar-refractivity contribution < 1.29 is 9.53 Å². The number of hydrogen-bond acceptors (Lipinski definition) is 4. The summed E-state index contributed by atoms with van der Waals surface area (Å²) in [5.74, 6) is -0.380. The molecule has 1 saturated heterocycles. The van der Waals surface area contributed by atoms with Gasteiger partial charge in [0.05, 0.1) is 12.8 Å². The summed E-state index contributed by atoms with van der Waals surface area (Å²) in [4.78, 5) is 15.6. The van der Waals surface area contributed by atoms with Crippen molar-refractivity contribution in [3.8, 4) is 0 Å². The average molecular weight is 206 g/mol. The molecule has 1 atom stereocenters. The Morgan fingerprint density at radius 3 is 3.13 bits per heavy atom. The maximum Gasteiger partial charge on any atom is 0.356 e. The van der Waals surface area contributed by atoms with E-state index in [9.17, 15) is 4.79 Å². The van der Waals surface area contributed by atoms with Crippen LogP contribution in [0.25, 0.3) is 0 Å². The van der Waals surface area contributed by atoms with Crippen molar-refractivity contribution in [3.63, 3.8) is 0 Å². The first-order chi connectivity index (χ1) is 7.31. The second kappa shape index (κ2) is 4.40. The highest BCUT2D eigenvalue weighted by molar-refractivity contribution is 5.87. The first-order valence-corrected chi connectivity index (χ1v) is 5.10. The number of nitrogens with one attached hydrogen (secondary N) is 1. The average Bonchev–Trinajstić information content (AvgIpc) is 2.82. The van der Waals surface area contributed by atoms with Gasteiger partial charge in [0.15, 0.2) is 0 Å². The van der Waals surface area contributed by atoms with Crippen molar-refractivity contribution in [1.82, 2.24) is 10.3 Å². The zero-order chi connectivity index (χ0) is 10.7. The monoisotopic (exact) mass is 206 g/mol. The number of carbonyl (C=O) groups excluding carboxylic acids is 1. The van der Waals surface area contributed by atoms with Crippen molar-refractivity contribution >= 4 is 5.97 Å². The molecule has 0 aromatic carbocycles. The van der Waals surface area contributed by atoms with Crippen LogP contribution in [0, 0.1) is 0 Å². The molecule has 0 bridgehead atoms. The Morgan fingerprint density at radius 2 is 2.47 bits per heavy atom. The van der Waals surface area contributed by atoms with Crippen LogP contribution in [0.15, 0.2) is 18.2 Å². The van der Waals surface area contributed by atoms with Crippen LogP contribution in [0.2, 0.25) is 0 Å². The van der Waals surface area contributed by atoms with Crippen LogP contribution in [0.5, 0.6) is 0 Å². The van der Waals surface area contributed by atoms with E-state index in [0.717, 1.165) is 25.1 Å². The topological polar surface area (TPSA) is 51.2 Å².